The Morgan fingerprint density at radius 2 is 1.73 bits per heavy atom. The molecule has 0 bridgehead atoms. The number of allylic oxidation sites excluding steroid dienone is 4. The van der Waals surface area contributed by atoms with Crippen LogP contribution in [0.1, 0.15) is 56.0 Å². The number of oxazole rings is 1. The van der Waals surface area contributed by atoms with Crippen LogP contribution in [-0.2, 0) is 9.47 Å². The van der Waals surface area contributed by atoms with E-state index in [2.05, 4.69) is 42.2 Å². The van der Waals surface area contributed by atoms with Gasteiger partial charge in [-0.2, -0.15) is 0 Å². The van der Waals surface area contributed by atoms with Crippen LogP contribution in [0.25, 0.3) is 11.3 Å². The average Bonchev–Trinajstić information content (AvgIpc) is 3.30. The van der Waals surface area contributed by atoms with Gasteiger partial charge in [-0.05, 0) is 49.2 Å². The molecule has 3 heterocycles. The quantitative estimate of drug-likeness (QED) is 0.463. The van der Waals surface area contributed by atoms with E-state index >= 15 is 0 Å². The highest BCUT2D eigenvalue weighted by atomic mass is 35.5. The molecular weight excluding hydrogens is 456 g/mol. The molecule has 2 fully saturated rings. The van der Waals surface area contributed by atoms with Crippen molar-refractivity contribution in [1.29, 1.82) is 0 Å². The maximum absolute atomic E-state index is 6.39. The van der Waals surface area contributed by atoms with Crippen LogP contribution in [0.4, 0.5) is 0 Å². The Bertz CT molecular complexity index is 1010. The molecule has 2 aromatic rings. The number of nitrogens with zero attached hydrogens (tertiary/aromatic N) is 2. The zero-order chi connectivity index (χ0) is 22.6. The predicted octanol–water partition coefficient (Wildman–Crippen LogP) is 6.52. The molecule has 1 aromatic heterocycles. The summed E-state index contributed by atoms with van der Waals surface area (Å²) in [5.41, 5.74) is 3.36. The van der Waals surface area contributed by atoms with Crippen molar-refractivity contribution in [3.05, 3.63) is 57.8 Å². The molecule has 5 rings (SSSR count). The van der Waals surface area contributed by atoms with Gasteiger partial charge in [0, 0.05) is 48.9 Å². The first-order valence-electron chi connectivity index (χ1n) is 11.9. The van der Waals surface area contributed by atoms with Crippen molar-refractivity contribution in [3.8, 4) is 11.3 Å². The summed E-state index contributed by atoms with van der Waals surface area (Å²) in [6.07, 6.45) is 7.82. The van der Waals surface area contributed by atoms with Gasteiger partial charge in [-0.3, -0.25) is 4.90 Å². The second kappa shape index (κ2) is 10.8. The highest BCUT2D eigenvalue weighted by Gasteiger charge is 2.26. The molecule has 1 aromatic carbocycles. The van der Waals surface area contributed by atoms with E-state index < -0.39 is 0 Å². The number of hydrogen-bond donors (Lipinski definition) is 0. The molecule has 5 nitrogen and oxygen atoms in total. The fourth-order valence-electron chi connectivity index (χ4n) is 4.58. The van der Waals surface area contributed by atoms with E-state index in [1.165, 1.54) is 10.5 Å². The van der Waals surface area contributed by atoms with Crippen LogP contribution in [0.2, 0.25) is 0 Å². The summed E-state index contributed by atoms with van der Waals surface area (Å²) in [4.78, 5) is 8.75. The molecule has 3 aliphatic rings. The van der Waals surface area contributed by atoms with Crippen LogP contribution < -0.4 is 0 Å². The van der Waals surface area contributed by atoms with Gasteiger partial charge in [0.1, 0.15) is 5.69 Å². The highest BCUT2D eigenvalue weighted by molar-refractivity contribution is 8.03. The number of ether oxygens (including phenoxy) is 2. The molecule has 33 heavy (non-hydrogen) atoms. The van der Waals surface area contributed by atoms with E-state index in [9.17, 15) is 0 Å². The van der Waals surface area contributed by atoms with Crippen LogP contribution in [0.5, 0.6) is 0 Å². The number of morpholine rings is 1. The number of rotatable bonds is 6. The Kier molecular flexibility index (Phi) is 7.58. The lowest BCUT2D eigenvalue weighted by atomic mass is 10.0. The molecule has 1 atom stereocenters. The van der Waals surface area contributed by atoms with E-state index in [1.54, 1.807) is 11.8 Å². The normalized spacial score (nSPS) is 21.5. The average molecular weight is 487 g/mol. The lowest BCUT2D eigenvalue weighted by molar-refractivity contribution is 0.0198. The number of benzene rings is 1. The SMILES string of the molecule is CC(c1ccc(-c2nc(C3CCOCC3)oc2SC2=CC=C(Cl)CC2)cc1)N1CCOCC1. The van der Waals surface area contributed by atoms with Gasteiger partial charge < -0.3 is 13.9 Å². The summed E-state index contributed by atoms with van der Waals surface area (Å²) in [5, 5.41) is 1.79. The number of hydrogen-bond acceptors (Lipinski definition) is 6. The largest absolute Gasteiger partial charge is 0.433 e. The zero-order valence-electron chi connectivity index (χ0n) is 19.1. The molecule has 176 valence electrons. The lowest BCUT2D eigenvalue weighted by Crippen LogP contribution is -2.37. The van der Waals surface area contributed by atoms with Gasteiger partial charge in [0.2, 0.25) is 0 Å². The summed E-state index contributed by atoms with van der Waals surface area (Å²) in [5.74, 6) is 1.16. The van der Waals surface area contributed by atoms with Crippen molar-refractivity contribution in [2.45, 2.75) is 49.7 Å². The third-order valence-electron chi connectivity index (χ3n) is 6.73. The first-order chi connectivity index (χ1) is 16.2. The molecule has 2 saturated heterocycles. The summed E-state index contributed by atoms with van der Waals surface area (Å²) >= 11 is 7.84. The molecule has 7 heteroatoms. The molecule has 0 spiro atoms. The monoisotopic (exact) mass is 486 g/mol. The minimum atomic E-state index is 0.321. The molecule has 1 aliphatic carbocycles. The Hall–Kier alpha value is -1.57. The van der Waals surface area contributed by atoms with Crippen molar-refractivity contribution >= 4 is 23.4 Å². The topological polar surface area (TPSA) is 47.7 Å². The smallest absolute Gasteiger partial charge is 0.199 e. The van der Waals surface area contributed by atoms with Crippen LogP contribution in [0.3, 0.4) is 0 Å². The van der Waals surface area contributed by atoms with E-state index in [0.717, 1.165) is 92.5 Å². The van der Waals surface area contributed by atoms with Crippen LogP contribution in [-0.4, -0.2) is 49.4 Å². The Labute approximate surface area is 205 Å². The molecule has 0 amide bonds. The number of aromatic nitrogens is 1. The first kappa shape index (κ1) is 23.2. The minimum Gasteiger partial charge on any atom is -0.433 e. The fraction of sp³-hybridized carbons (Fsp3) is 0.500. The molecule has 0 N–H and O–H groups in total. The van der Waals surface area contributed by atoms with Crippen molar-refractivity contribution in [1.82, 2.24) is 9.88 Å². The van der Waals surface area contributed by atoms with E-state index in [-0.39, 0.29) is 0 Å². The van der Waals surface area contributed by atoms with Gasteiger partial charge in [0.25, 0.3) is 0 Å². The third kappa shape index (κ3) is 5.57. The maximum Gasteiger partial charge on any atom is 0.199 e. The van der Waals surface area contributed by atoms with Crippen LogP contribution >= 0.6 is 23.4 Å². The minimum absolute atomic E-state index is 0.321. The molecular formula is C26H31ClN2O3S. The third-order valence-corrected chi connectivity index (χ3v) is 8.11. The highest BCUT2D eigenvalue weighted by Crippen LogP contribution is 2.42. The summed E-state index contributed by atoms with van der Waals surface area (Å²) in [6, 6.07) is 9.21. The predicted molar refractivity (Wildman–Crippen MR) is 133 cm³/mol. The van der Waals surface area contributed by atoms with Gasteiger partial charge in [-0.25, -0.2) is 4.98 Å². The molecule has 0 saturated carbocycles. The lowest BCUT2D eigenvalue weighted by Gasteiger charge is -2.32. The second-order valence-electron chi connectivity index (χ2n) is 8.87. The summed E-state index contributed by atoms with van der Waals surface area (Å²) in [7, 11) is 0. The van der Waals surface area contributed by atoms with Crippen molar-refractivity contribution in [3.63, 3.8) is 0 Å². The van der Waals surface area contributed by atoms with Gasteiger partial charge in [-0.15, -0.1) is 0 Å². The van der Waals surface area contributed by atoms with Crippen molar-refractivity contribution in [2.75, 3.05) is 39.5 Å². The second-order valence-corrected chi connectivity index (χ2v) is 10.5. The molecule has 2 aliphatic heterocycles. The Morgan fingerprint density at radius 1 is 1.00 bits per heavy atom. The summed E-state index contributed by atoms with van der Waals surface area (Å²) < 4.78 is 17.4. The van der Waals surface area contributed by atoms with Crippen LogP contribution in [0.15, 0.2) is 55.9 Å². The van der Waals surface area contributed by atoms with Gasteiger partial charge >= 0.3 is 0 Å². The van der Waals surface area contributed by atoms with E-state index in [4.69, 9.17) is 30.5 Å². The van der Waals surface area contributed by atoms with Gasteiger partial charge in [0.15, 0.2) is 11.0 Å². The van der Waals surface area contributed by atoms with Crippen molar-refractivity contribution in [2.24, 2.45) is 0 Å². The number of thioether (sulfide) groups is 1. The molecule has 1 unspecified atom stereocenters. The summed E-state index contributed by atoms with van der Waals surface area (Å²) in [6.45, 7) is 7.40. The van der Waals surface area contributed by atoms with E-state index in [1.807, 2.05) is 6.08 Å². The maximum atomic E-state index is 6.39. The van der Waals surface area contributed by atoms with E-state index in [0.29, 0.717) is 12.0 Å². The van der Waals surface area contributed by atoms with Gasteiger partial charge in [0.05, 0.1) is 13.2 Å². The zero-order valence-corrected chi connectivity index (χ0v) is 20.7. The Balaban J connectivity index is 1.41. The fourth-order valence-corrected chi connectivity index (χ4v) is 5.71. The van der Waals surface area contributed by atoms with Gasteiger partial charge in [-0.1, -0.05) is 53.7 Å². The Morgan fingerprint density at radius 3 is 2.42 bits per heavy atom. The standard InChI is InChI=1S/C26H31ClN2O3S/c1-18(29-12-16-31-17-13-29)19-2-4-20(5-3-19)24-26(33-23-8-6-22(27)7-9-23)32-25(28-24)21-10-14-30-15-11-21/h2-6,8,18,21H,7,9-17H2,1H3. The van der Waals surface area contributed by atoms with Crippen LogP contribution in [0, 0.1) is 0 Å². The van der Waals surface area contributed by atoms with Crippen molar-refractivity contribution < 1.29 is 13.9 Å². The molecule has 0 radical (unpaired) electrons. The number of halogens is 1. The first-order valence-corrected chi connectivity index (χ1v) is 13.1.